The van der Waals surface area contributed by atoms with Crippen molar-refractivity contribution < 1.29 is 23.8 Å². The molecule has 0 radical (unpaired) electrons. The normalized spacial score (nSPS) is 14.1. The highest BCUT2D eigenvalue weighted by atomic mass is 16.6. The van der Waals surface area contributed by atoms with E-state index >= 15 is 0 Å². The Morgan fingerprint density at radius 2 is 1.64 bits per heavy atom. The second kappa shape index (κ2) is 8.41. The molecular weight excluding hydrogens is 358 g/mol. The third kappa shape index (κ3) is 5.18. The van der Waals surface area contributed by atoms with Gasteiger partial charge in [0.05, 0.1) is 12.3 Å². The van der Waals surface area contributed by atoms with Crippen molar-refractivity contribution in [3.05, 3.63) is 23.3 Å². The summed E-state index contributed by atoms with van der Waals surface area (Å²) in [5.74, 6) is 0.281. The highest BCUT2D eigenvalue weighted by Crippen LogP contribution is 2.38. The molecule has 156 valence electrons. The van der Waals surface area contributed by atoms with Crippen molar-refractivity contribution in [1.82, 2.24) is 0 Å². The van der Waals surface area contributed by atoms with Gasteiger partial charge in [-0.15, -0.1) is 0 Å². The predicted octanol–water partition coefficient (Wildman–Crippen LogP) is 4.66. The molecule has 6 nitrogen and oxygen atoms in total. The number of esters is 1. The minimum absolute atomic E-state index is 0.309. The van der Waals surface area contributed by atoms with E-state index in [0.29, 0.717) is 12.4 Å². The number of fused-ring (bicyclic) bond motifs is 1. The minimum Gasteiger partial charge on any atom is -0.476 e. The van der Waals surface area contributed by atoms with E-state index < -0.39 is 17.2 Å². The summed E-state index contributed by atoms with van der Waals surface area (Å²) in [5.41, 5.74) is 1.32. The molecule has 0 heterocycles. The molecule has 0 saturated carbocycles. The molecule has 2 rings (SSSR count). The number of rotatable bonds is 5. The number of benzene rings is 1. The quantitative estimate of drug-likeness (QED) is 0.683. The van der Waals surface area contributed by atoms with Gasteiger partial charge in [0, 0.05) is 7.05 Å². The maximum absolute atomic E-state index is 12.5. The second-order valence-electron chi connectivity index (χ2n) is 8.62. The van der Waals surface area contributed by atoms with Crippen LogP contribution in [0.2, 0.25) is 0 Å². The molecule has 0 N–H and O–H groups in total. The van der Waals surface area contributed by atoms with Crippen LogP contribution in [0.25, 0.3) is 0 Å². The van der Waals surface area contributed by atoms with Crippen molar-refractivity contribution in [1.29, 1.82) is 0 Å². The van der Waals surface area contributed by atoms with Gasteiger partial charge in [0.1, 0.15) is 11.4 Å². The van der Waals surface area contributed by atoms with Crippen LogP contribution in [0.3, 0.4) is 0 Å². The van der Waals surface area contributed by atoms with E-state index in [0.717, 1.165) is 42.5 Å². The number of nitrogens with zero attached hydrogens (tertiary/aromatic N) is 1. The molecule has 1 aromatic carbocycles. The molecule has 0 saturated heterocycles. The maximum atomic E-state index is 12.5. The van der Waals surface area contributed by atoms with E-state index in [1.807, 2.05) is 32.9 Å². The van der Waals surface area contributed by atoms with E-state index in [9.17, 15) is 9.59 Å². The molecule has 1 aliphatic rings. The number of anilines is 1. The smallest absolute Gasteiger partial charge is 0.414 e. The van der Waals surface area contributed by atoms with Crippen LogP contribution in [0.4, 0.5) is 10.5 Å². The fourth-order valence-electron chi connectivity index (χ4n) is 3.28. The Bertz CT molecular complexity index is 733. The molecule has 1 aromatic rings. The standard InChI is InChI=1S/C22H33NO5/c1-8-26-19(24)22(5,6)27-18-14-13-17(15-11-9-10-12-16(15)18)23(7)20(25)28-21(2,3)4/h13-14H,8-12H2,1-7H3. The van der Waals surface area contributed by atoms with E-state index in [1.165, 1.54) is 0 Å². The van der Waals surface area contributed by atoms with Gasteiger partial charge in [-0.3, -0.25) is 4.90 Å². The maximum Gasteiger partial charge on any atom is 0.414 e. The van der Waals surface area contributed by atoms with Gasteiger partial charge in [-0.2, -0.15) is 0 Å². The van der Waals surface area contributed by atoms with Crippen LogP contribution < -0.4 is 9.64 Å². The second-order valence-corrected chi connectivity index (χ2v) is 8.62. The average Bonchev–Trinajstić information content (AvgIpc) is 2.60. The third-order valence-electron chi connectivity index (χ3n) is 4.63. The van der Waals surface area contributed by atoms with Crippen LogP contribution in [0.15, 0.2) is 12.1 Å². The monoisotopic (exact) mass is 391 g/mol. The number of carbonyl (C=O) groups excluding carboxylic acids is 2. The van der Waals surface area contributed by atoms with Crippen LogP contribution in [-0.2, 0) is 27.1 Å². The van der Waals surface area contributed by atoms with E-state index in [2.05, 4.69) is 0 Å². The summed E-state index contributed by atoms with van der Waals surface area (Å²) in [5, 5.41) is 0. The van der Waals surface area contributed by atoms with E-state index in [1.54, 1.807) is 32.7 Å². The zero-order valence-electron chi connectivity index (χ0n) is 18.2. The Balaban J connectivity index is 2.35. The summed E-state index contributed by atoms with van der Waals surface area (Å²) in [7, 11) is 1.72. The summed E-state index contributed by atoms with van der Waals surface area (Å²) in [6, 6.07) is 3.70. The highest BCUT2D eigenvalue weighted by molar-refractivity contribution is 5.89. The molecule has 1 aliphatic carbocycles. The highest BCUT2D eigenvalue weighted by Gasteiger charge is 2.33. The van der Waals surface area contributed by atoms with Crippen molar-refractivity contribution in [2.45, 2.75) is 78.4 Å². The van der Waals surface area contributed by atoms with Gasteiger partial charge in [0.15, 0.2) is 5.60 Å². The lowest BCUT2D eigenvalue weighted by atomic mass is 9.89. The number of ether oxygens (including phenoxy) is 3. The molecule has 6 heteroatoms. The molecule has 28 heavy (non-hydrogen) atoms. The Morgan fingerprint density at radius 1 is 1.04 bits per heavy atom. The van der Waals surface area contributed by atoms with Crippen LogP contribution in [0.5, 0.6) is 5.75 Å². The Kier molecular flexibility index (Phi) is 6.63. The first-order valence-electron chi connectivity index (χ1n) is 9.94. The summed E-state index contributed by atoms with van der Waals surface area (Å²) in [6.07, 6.45) is 3.41. The van der Waals surface area contributed by atoms with Crippen molar-refractivity contribution in [2.24, 2.45) is 0 Å². The zero-order chi connectivity index (χ0) is 21.1. The first-order chi connectivity index (χ1) is 13.0. The Labute approximate surface area is 168 Å². The largest absolute Gasteiger partial charge is 0.476 e. The van der Waals surface area contributed by atoms with Crippen LogP contribution >= 0.6 is 0 Å². The van der Waals surface area contributed by atoms with Gasteiger partial charge in [-0.1, -0.05) is 0 Å². The topological polar surface area (TPSA) is 65.1 Å². The van der Waals surface area contributed by atoms with Gasteiger partial charge in [0.2, 0.25) is 0 Å². The van der Waals surface area contributed by atoms with Gasteiger partial charge >= 0.3 is 12.1 Å². The number of hydrogen-bond donors (Lipinski definition) is 0. The summed E-state index contributed by atoms with van der Waals surface area (Å²) < 4.78 is 16.7. The minimum atomic E-state index is -1.08. The first-order valence-corrected chi connectivity index (χ1v) is 9.94. The van der Waals surface area contributed by atoms with E-state index in [4.69, 9.17) is 14.2 Å². The zero-order valence-corrected chi connectivity index (χ0v) is 18.2. The fourth-order valence-corrected chi connectivity index (χ4v) is 3.28. The predicted molar refractivity (Wildman–Crippen MR) is 109 cm³/mol. The molecule has 0 atom stereocenters. The number of amides is 1. The molecule has 0 unspecified atom stereocenters. The first kappa shape index (κ1) is 22.1. The molecule has 0 aromatic heterocycles. The average molecular weight is 392 g/mol. The Morgan fingerprint density at radius 3 is 2.21 bits per heavy atom. The van der Waals surface area contributed by atoms with Crippen molar-refractivity contribution in [2.75, 3.05) is 18.6 Å². The van der Waals surface area contributed by atoms with Crippen molar-refractivity contribution >= 4 is 17.7 Å². The summed E-state index contributed by atoms with van der Waals surface area (Å²) >= 11 is 0. The van der Waals surface area contributed by atoms with Crippen LogP contribution in [-0.4, -0.2) is 36.9 Å². The van der Waals surface area contributed by atoms with Gasteiger partial charge < -0.3 is 14.2 Å². The SMILES string of the molecule is CCOC(=O)C(C)(C)Oc1ccc(N(C)C(=O)OC(C)(C)C)c2c1CCCC2. The van der Waals surface area contributed by atoms with Crippen molar-refractivity contribution in [3.8, 4) is 5.75 Å². The fraction of sp³-hybridized carbons (Fsp3) is 0.636. The molecule has 0 bridgehead atoms. The van der Waals surface area contributed by atoms with Crippen LogP contribution in [0, 0.1) is 0 Å². The molecule has 0 aliphatic heterocycles. The summed E-state index contributed by atoms with van der Waals surface area (Å²) in [4.78, 5) is 26.3. The molecular formula is C22H33NO5. The van der Waals surface area contributed by atoms with Crippen molar-refractivity contribution in [3.63, 3.8) is 0 Å². The van der Waals surface area contributed by atoms with E-state index in [-0.39, 0.29) is 6.09 Å². The van der Waals surface area contributed by atoms with Crippen LogP contribution in [0.1, 0.15) is 65.5 Å². The lowest BCUT2D eigenvalue weighted by Gasteiger charge is -2.31. The third-order valence-corrected chi connectivity index (χ3v) is 4.63. The molecule has 0 spiro atoms. The number of carbonyl (C=O) groups is 2. The summed E-state index contributed by atoms with van der Waals surface area (Å²) in [6.45, 7) is 11.1. The molecule has 0 fully saturated rings. The molecule has 1 amide bonds. The van der Waals surface area contributed by atoms with Gasteiger partial charge in [-0.25, -0.2) is 9.59 Å². The van der Waals surface area contributed by atoms with Gasteiger partial charge in [-0.05, 0) is 90.5 Å². The number of hydrogen-bond acceptors (Lipinski definition) is 5. The van der Waals surface area contributed by atoms with Gasteiger partial charge in [0.25, 0.3) is 0 Å². The lowest BCUT2D eigenvalue weighted by Crippen LogP contribution is -2.40. The lowest BCUT2D eigenvalue weighted by molar-refractivity contribution is -0.158. The Hall–Kier alpha value is -2.24.